The third-order valence-electron chi connectivity index (χ3n) is 3.77. The van der Waals surface area contributed by atoms with Crippen molar-refractivity contribution in [2.24, 2.45) is 0 Å². The van der Waals surface area contributed by atoms with Gasteiger partial charge in [0.1, 0.15) is 17.5 Å². The van der Waals surface area contributed by atoms with Crippen LogP contribution in [0.15, 0.2) is 42.5 Å². The van der Waals surface area contributed by atoms with Crippen molar-refractivity contribution in [1.29, 1.82) is 0 Å². The fourth-order valence-corrected chi connectivity index (χ4v) is 2.73. The number of hydrogen-bond donors (Lipinski definition) is 1. The quantitative estimate of drug-likeness (QED) is 0.748. The first-order valence-electron chi connectivity index (χ1n) is 7.67. The molecule has 3 rings (SSSR count). The van der Waals surface area contributed by atoms with Gasteiger partial charge in [0.25, 0.3) is 0 Å². The van der Waals surface area contributed by atoms with Gasteiger partial charge in [0, 0.05) is 19.0 Å². The summed E-state index contributed by atoms with van der Waals surface area (Å²) in [5.74, 6) is -0.0947. The van der Waals surface area contributed by atoms with Crippen molar-refractivity contribution in [2.75, 3.05) is 13.6 Å². The van der Waals surface area contributed by atoms with Gasteiger partial charge in [-0.25, -0.2) is 13.8 Å². The summed E-state index contributed by atoms with van der Waals surface area (Å²) in [6.07, 6.45) is 1.77. The van der Waals surface area contributed by atoms with Crippen molar-refractivity contribution in [1.82, 2.24) is 14.9 Å². The summed E-state index contributed by atoms with van der Waals surface area (Å²) in [6.45, 7) is 1.35. The number of hydrogen-bond acceptors (Lipinski definition) is 2. The molecule has 0 bridgehead atoms. The van der Waals surface area contributed by atoms with Gasteiger partial charge >= 0.3 is 0 Å². The summed E-state index contributed by atoms with van der Waals surface area (Å²) in [4.78, 5) is 9.90. The molecule has 0 aliphatic rings. The van der Waals surface area contributed by atoms with Crippen molar-refractivity contribution < 1.29 is 8.78 Å². The van der Waals surface area contributed by atoms with Gasteiger partial charge in [-0.2, -0.15) is 0 Å². The Balaban J connectivity index is 1.51. The fraction of sp³-hybridized carbons (Fsp3) is 0.278. The van der Waals surface area contributed by atoms with E-state index in [1.54, 1.807) is 0 Å². The van der Waals surface area contributed by atoms with E-state index in [0.29, 0.717) is 12.1 Å². The summed E-state index contributed by atoms with van der Waals surface area (Å²) in [5.41, 5.74) is 2.67. The lowest BCUT2D eigenvalue weighted by atomic mass is 10.2. The molecule has 1 N–H and O–H groups in total. The molecular weight excluding hydrogens is 296 g/mol. The maximum atomic E-state index is 13.2. The second kappa shape index (κ2) is 6.87. The summed E-state index contributed by atoms with van der Waals surface area (Å²) in [7, 11) is 1.95. The molecule has 1 aromatic heterocycles. The van der Waals surface area contributed by atoms with E-state index in [1.165, 1.54) is 12.1 Å². The van der Waals surface area contributed by atoms with E-state index in [4.69, 9.17) is 0 Å². The number of para-hydroxylation sites is 2. The summed E-state index contributed by atoms with van der Waals surface area (Å²) in [6, 6.07) is 11.6. The van der Waals surface area contributed by atoms with Crippen molar-refractivity contribution >= 4 is 11.0 Å². The monoisotopic (exact) mass is 315 g/mol. The number of aromatic nitrogens is 2. The second-order valence-corrected chi connectivity index (χ2v) is 5.82. The number of H-pyrrole nitrogens is 1. The van der Waals surface area contributed by atoms with Gasteiger partial charge < -0.3 is 9.88 Å². The predicted octanol–water partition coefficient (Wildman–Crippen LogP) is 3.91. The Morgan fingerprint density at radius 2 is 1.83 bits per heavy atom. The standard InChI is InChI=1S/C18H19F2N3/c1-23(12-13-9-14(19)11-15(20)10-13)8-4-7-18-21-16-5-2-3-6-17(16)22-18/h2-3,5-6,9-11H,4,7-8,12H2,1H3,(H,21,22). The topological polar surface area (TPSA) is 31.9 Å². The first-order chi connectivity index (χ1) is 11.1. The van der Waals surface area contributed by atoms with Crippen LogP contribution in [0.5, 0.6) is 0 Å². The minimum atomic E-state index is -0.532. The van der Waals surface area contributed by atoms with Gasteiger partial charge in [-0.15, -0.1) is 0 Å². The van der Waals surface area contributed by atoms with Gasteiger partial charge in [-0.3, -0.25) is 0 Å². The van der Waals surface area contributed by atoms with Crippen LogP contribution in [-0.2, 0) is 13.0 Å². The third kappa shape index (κ3) is 4.13. The first-order valence-corrected chi connectivity index (χ1v) is 7.67. The van der Waals surface area contributed by atoms with Crippen molar-refractivity contribution in [3.8, 4) is 0 Å². The maximum absolute atomic E-state index is 13.2. The molecule has 2 aromatic carbocycles. The van der Waals surface area contributed by atoms with E-state index < -0.39 is 11.6 Å². The molecule has 0 saturated heterocycles. The largest absolute Gasteiger partial charge is 0.342 e. The summed E-state index contributed by atoms with van der Waals surface area (Å²) >= 11 is 0. The molecule has 0 spiro atoms. The van der Waals surface area contributed by atoms with E-state index in [0.717, 1.165) is 42.3 Å². The molecule has 0 amide bonds. The lowest BCUT2D eigenvalue weighted by Crippen LogP contribution is -2.20. The Labute approximate surface area is 134 Å². The molecule has 0 atom stereocenters. The molecule has 0 aliphatic carbocycles. The van der Waals surface area contributed by atoms with E-state index in [9.17, 15) is 8.78 Å². The molecular formula is C18H19F2N3. The van der Waals surface area contributed by atoms with E-state index >= 15 is 0 Å². The number of aromatic amines is 1. The van der Waals surface area contributed by atoms with Crippen LogP contribution in [0.3, 0.4) is 0 Å². The van der Waals surface area contributed by atoms with Gasteiger partial charge in [-0.05, 0) is 49.8 Å². The van der Waals surface area contributed by atoms with Gasteiger partial charge in [-0.1, -0.05) is 12.1 Å². The highest BCUT2D eigenvalue weighted by atomic mass is 19.1. The number of halogens is 2. The zero-order valence-electron chi connectivity index (χ0n) is 13.0. The highest BCUT2D eigenvalue weighted by Gasteiger charge is 2.06. The summed E-state index contributed by atoms with van der Waals surface area (Å²) in [5, 5.41) is 0. The number of fused-ring (bicyclic) bond motifs is 1. The van der Waals surface area contributed by atoms with Crippen molar-refractivity contribution in [3.05, 3.63) is 65.5 Å². The summed E-state index contributed by atoms with van der Waals surface area (Å²) < 4.78 is 26.4. The Kier molecular flexibility index (Phi) is 4.67. The van der Waals surface area contributed by atoms with Crippen LogP contribution in [0, 0.1) is 11.6 Å². The number of nitrogens with zero attached hydrogens (tertiary/aromatic N) is 2. The van der Waals surface area contributed by atoms with E-state index in [2.05, 4.69) is 14.9 Å². The van der Waals surface area contributed by atoms with Crippen LogP contribution in [0.4, 0.5) is 8.78 Å². The van der Waals surface area contributed by atoms with Crippen LogP contribution in [0.1, 0.15) is 17.8 Å². The minimum absolute atomic E-state index is 0.523. The van der Waals surface area contributed by atoms with Gasteiger partial charge in [0.05, 0.1) is 11.0 Å². The number of imidazole rings is 1. The molecule has 3 aromatic rings. The molecule has 0 fully saturated rings. The normalized spacial score (nSPS) is 11.5. The van der Waals surface area contributed by atoms with Gasteiger partial charge in [0.2, 0.25) is 0 Å². The zero-order chi connectivity index (χ0) is 16.2. The first kappa shape index (κ1) is 15.6. The lowest BCUT2D eigenvalue weighted by Gasteiger charge is -2.16. The SMILES string of the molecule is CN(CCCc1nc2ccccc2[nH]1)Cc1cc(F)cc(F)c1. The molecule has 3 nitrogen and oxygen atoms in total. The van der Waals surface area contributed by atoms with Crippen LogP contribution in [0.2, 0.25) is 0 Å². The molecule has 23 heavy (non-hydrogen) atoms. The van der Waals surface area contributed by atoms with Gasteiger partial charge in [0.15, 0.2) is 0 Å². The number of nitrogens with one attached hydrogen (secondary N) is 1. The van der Waals surface area contributed by atoms with E-state index in [-0.39, 0.29) is 0 Å². The van der Waals surface area contributed by atoms with E-state index in [1.807, 2.05) is 31.3 Å². The number of rotatable bonds is 6. The average Bonchev–Trinajstić information content (AvgIpc) is 2.88. The Hall–Kier alpha value is -2.27. The lowest BCUT2D eigenvalue weighted by molar-refractivity contribution is 0.320. The highest BCUT2D eigenvalue weighted by Crippen LogP contribution is 2.13. The second-order valence-electron chi connectivity index (χ2n) is 5.82. The van der Waals surface area contributed by atoms with Crippen LogP contribution < -0.4 is 0 Å². The third-order valence-corrected chi connectivity index (χ3v) is 3.77. The molecule has 1 heterocycles. The predicted molar refractivity (Wildman–Crippen MR) is 87.1 cm³/mol. The van der Waals surface area contributed by atoms with Crippen LogP contribution >= 0.6 is 0 Å². The molecule has 0 unspecified atom stereocenters. The fourth-order valence-electron chi connectivity index (χ4n) is 2.73. The Bertz CT molecular complexity index is 745. The zero-order valence-corrected chi connectivity index (χ0v) is 13.0. The molecule has 5 heteroatoms. The number of aryl methyl sites for hydroxylation is 1. The van der Waals surface area contributed by atoms with Crippen molar-refractivity contribution in [3.63, 3.8) is 0 Å². The molecule has 0 saturated carbocycles. The Morgan fingerprint density at radius 3 is 2.57 bits per heavy atom. The van der Waals surface area contributed by atoms with Crippen LogP contribution in [0.25, 0.3) is 11.0 Å². The molecule has 0 aliphatic heterocycles. The molecule has 120 valence electrons. The number of benzene rings is 2. The van der Waals surface area contributed by atoms with Crippen LogP contribution in [-0.4, -0.2) is 28.5 Å². The Morgan fingerprint density at radius 1 is 1.09 bits per heavy atom. The molecule has 0 radical (unpaired) electrons. The average molecular weight is 315 g/mol. The highest BCUT2D eigenvalue weighted by molar-refractivity contribution is 5.74. The smallest absolute Gasteiger partial charge is 0.126 e. The maximum Gasteiger partial charge on any atom is 0.126 e. The minimum Gasteiger partial charge on any atom is -0.342 e. The van der Waals surface area contributed by atoms with Crippen molar-refractivity contribution in [2.45, 2.75) is 19.4 Å².